The van der Waals surface area contributed by atoms with Crippen molar-refractivity contribution in [2.45, 2.75) is 6.92 Å². The minimum Gasteiger partial charge on any atom is -0.545 e. The van der Waals surface area contributed by atoms with Crippen LogP contribution in [0.2, 0.25) is 0 Å². The van der Waals surface area contributed by atoms with E-state index in [-0.39, 0.29) is 43.3 Å². The summed E-state index contributed by atoms with van der Waals surface area (Å²) >= 11 is 0. The second kappa shape index (κ2) is 4.62. The van der Waals surface area contributed by atoms with Gasteiger partial charge >= 0.3 is 37.7 Å². The number of rotatable bonds is 1. The quantitative estimate of drug-likeness (QED) is 0.331. The molecule has 2 nitrogen and oxygen atoms in total. The van der Waals surface area contributed by atoms with Crippen molar-refractivity contribution in [3.05, 3.63) is 12.2 Å². The van der Waals surface area contributed by atoms with Gasteiger partial charge in [-0.15, -0.1) is 0 Å². The number of aliphatic carboxylic acids is 1. The second-order valence-corrected chi connectivity index (χ2v) is 1.07. The molecule has 0 amide bonds. The third-order valence-corrected chi connectivity index (χ3v) is 0.348. The van der Waals surface area contributed by atoms with Crippen molar-refractivity contribution >= 4 is 43.7 Å². The zero-order valence-electron chi connectivity index (χ0n) is 4.23. The predicted molar refractivity (Wildman–Crippen MR) is 25.6 cm³/mol. The minimum absolute atomic E-state index is 0. The van der Waals surface area contributed by atoms with Crippen LogP contribution in [0.5, 0.6) is 0 Å². The summed E-state index contributed by atoms with van der Waals surface area (Å²) in [5.74, 6) is -1.19. The standard InChI is InChI=1S/C4H6O2.Ca/c1-3(2)4(5)6;/h1H2,2H3,(H,5,6);/q;+2/p-1. The Kier molecular flexibility index (Phi) is 6.90. The largest absolute Gasteiger partial charge is 2.00 e. The van der Waals surface area contributed by atoms with Gasteiger partial charge in [-0.25, -0.2) is 0 Å². The Bertz CT molecular complexity index is 75.7. The number of carboxylic acid groups (broad SMARTS) is 1. The zero-order chi connectivity index (χ0) is 5.15. The van der Waals surface area contributed by atoms with E-state index in [0.29, 0.717) is 0 Å². The van der Waals surface area contributed by atoms with Crippen LogP contribution in [0.4, 0.5) is 0 Å². The monoisotopic (exact) mass is 125 g/mol. The van der Waals surface area contributed by atoms with Gasteiger partial charge in [0, 0.05) is 0 Å². The Morgan fingerprint density at radius 2 is 1.86 bits per heavy atom. The molecule has 34 valence electrons. The summed E-state index contributed by atoms with van der Waals surface area (Å²) in [4.78, 5) is 9.49. The van der Waals surface area contributed by atoms with Crippen molar-refractivity contribution in [1.82, 2.24) is 0 Å². The van der Waals surface area contributed by atoms with Crippen molar-refractivity contribution in [2.75, 3.05) is 0 Å². The van der Waals surface area contributed by atoms with Gasteiger partial charge in [0.1, 0.15) is 0 Å². The van der Waals surface area contributed by atoms with Crippen molar-refractivity contribution < 1.29 is 9.90 Å². The van der Waals surface area contributed by atoms with Gasteiger partial charge in [0.15, 0.2) is 0 Å². The molecule has 0 rings (SSSR count). The van der Waals surface area contributed by atoms with Crippen LogP contribution >= 0.6 is 0 Å². The molecule has 7 heavy (non-hydrogen) atoms. The number of carboxylic acids is 1. The topological polar surface area (TPSA) is 40.1 Å². The van der Waals surface area contributed by atoms with E-state index in [0.717, 1.165) is 0 Å². The minimum atomic E-state index is -1.19. The van der Waals surface area contributed by atoms with E-state index in [2.05, 4.69) is 6.58 Å². The first-order valence-corrected chi connectivity index (χ1v) is 1.51. The Morgan fingerprint density at radius 1 is 1.71 bits per heavy atom. The molecular weight excluding hydrogens is 120 g/mol. The van der Waals surface area contributed by atoms with Crippen molar-refractivity contribution in [3.63, 3.8) is 0 Å². The number of hydrogen-bond acceptors (Lipinski definition) is 2. The predicted octanol–water partition coefficient (Wildman–Crippen LogP) is -1.07. The molecule has 0 heterocycles. The molecule has 0 atom stereocenters. The van der Waals surface area contributed by atoms with Crippen molar-refractivity contribution in [2.24, 2.45) is 0 Å². The molecule has 0 saturated carbocycles. The number of carbonyl (C=O) groups excluding carboxylic acids is 1. The molecule has 0 aliphatic carbocycles. The van der Waals surface area contributed by atoms with E-state index in [1.165, 1.54) is 6.92 Å². The van der Waals surface area contributed by atoms with Crippen LogP contribution < -0.4 is 5.11 Å². The zero-order valence-corrected chi connectivity index (χ0v) is 6.44. The second-order valence-electron chi connectivity index (χ2n) is 1.07. The summed E-state index contributed by atoms with van der Waals surface area (Å²) in [6, 6.07) is 0. The average molecular weight is 125 g/mol. The Hall–Kier alpha value is 0.470. The Balaban J connectivity index is 0. The molecule has 0 aromatic carbocycles. The van der Waals surface area contributed by atoms with Crippen LogP contribution in [-0.2, 0) is 4.79 Å². The molecule has 0 aliphatic heterocycles. The molecule has 3 heteroatoms. The Morgan fingerprint density at radius 3 is 1.86 bits per heavy atom. The van der Waals surface area contributed by atoms with Crippen LogP contribution in [0.1, 0.15) is 6.92 Å². The molecule has 0 bridgehead atoms. The smallest absolute Gasteiger partial charge is 0.545 e. The van der Waals surface area contributed by atoms with Crippen molar-refractivity contribution in [1.29, 1.82) is 0 Å². The molecule has 0 fully saturated rings. The van der Waals surface area contributed by atoms with Gasteiger partial charge in [0.05, 0.1) is 5.97 Å². The summed E-state index contributed by atoms with van der Waals surface area (Å²) in [5, 5.41) is 9.49. The first kappa shape index (κ1) is 10.5. The maximum atomic E-state index is 9.49. The Labute approximate surface area is 72.2 Å². The third-order valence-electron chi connectivity index (χ3n) is 0.348. The molecule has 0 aromatic rings. The van der Waals surface area contributed by atoms with Gasteiger partial charge in [-0.05, 0) is 12.5 Å². The number of hydrogen-bond donors (Lipinski definition) is 0. The summed E-state index contributed by atoms with van der Waals surface area (Å²) in [6.07, 6.45) is 0. The van der Waals surface area contributed by atoms with E-state index in [4.69, 9.17) is 0 Å². The van der Waals surface area contributed by atoms with E-state index in [9.17, 15) is 9.90 Å². The van der Waals surface area contributed by atoms with Gasteiger partial charge in [0.2, 0.25) is 0 Å². The van der Waals surface area contributed by atoms with Crippen LogP contribution in [0, 0.1) is 0 Å². The van der Waals surface area contributed by atoms with Gasteiger partial charge in [0.25, 0.3) is 0 Å². The summed E-state index contributed by atoms with van der Waals surface area (Å²) in [6.45, 7) is 4.48. The van der Waals surface area contributed by atoms with Gasteiger partial charge in [-0.2, -0.15) is 0 Å². The molecule has 0 aliphatic rings. The normalized spacial score (nSPS) is 6.43. The molecule has 0 radical (unpaired) electrons. The molecular formula is C4H5CaO2+. The SMILES string of the molecule is C=C(C)C(=O)[O-].[Ca+2]. The van der Waals surface area contributed by atoms with E-state index in [1.54, 1.807) is 0 Å². The van der Waals surface area contributed by atoms with Gasteiger partial charge < -0.3 is 9.90 Å². The van der Waals surface area contributed by atoms with Gasteiger partial charge in [-0.1, -0.05) is 6.58 Å². The summed E-state index contributed by atoms with van der Waals surface area (Å²) < 4.78 is 0. The molecule has 0 spiro atoms. The van der Waals surface area contributed by atoms with Crippen LogP contribution in [-0.4, -0.2) is 43.7 Å². The maximum absolute atomic E-state index is 9.49. The first-order valence-electron chi connectivity index (χ1n) is 1.51. The molecule has 0 aromatic heterocycles. The van der Waals surface area contributed by atoms with Crippen LogP contribution in [0.25, 0.3) is 0 Å². The van der Waals surface area contributed by atoms with E-state index in [1.807, 2.05) is 0 Å². The molecule has 0 saturated heterocycles. The fourth-order valence-corrected chi connectivity index (χ4v) is 0. The van der Waals surface area contributed by atoms with Crippen LogP contribution in [0.15, 0.2) is 12.2 Å². The summed E-state index contributed by atoms with van der Waals surface area (Å²) in [7, 11) is 0. The number of carbonyl (C=O) groups is 1. The van der Waals surface area contributed by atoms with Gasteiger partial charge in [-0.3, -0.25) is 0 Å². The fourth-order valence-electron chi connectivity index (χ4n) is 0. The van der Waals surface area contributed by atoms with E-state index >= 15 is 0 Å². The fraction of sp³-hybridized carbons (Fsp3) is 0.250. The first-order chi connectivity index (χ1) is 2.64. The summed E-state index contributed by atoms with van der Waals surface area (Å²) in [5.41, 5.74) is 0.0648. The average Bonchev–Trinajstić information content (AvgIpc) is 1.36. The third kappa shape index (κ3) is 6.47. The van der Waals surface area contributed by atoms with E-state index < -0.39 is 5.97 Å². The van der Waals surface area contributed by atoms with Crippen molar-refractivity contribution in [3.8, 4) is 0 Å². The molecule has 0 N–H and O–H groups in total. The van der Waals surface area contributed by atoms with Crippen LogP contribution in [0.3, 0.4) is 0 Å². The molecule has 0 unspecified atom stereocenters. The maximum Gasteiger partial charge on any atom is 2.00 e.